The van der Waals surface area contributed by atoms with Crippen molar-refractivity contribution < 1.29 is 4.79 Å². The van der Waals surface area contributed by atoms with Gasteiger partial charge < -0.3 is 20.9 Å². The first-order valence-corrected chi connectivity index (χ1v) is 9.79. The van der Waals surface area contributed by atoms with Gasteiger partial charge in [-0.05, 0) is 76.5 Å². The number of fused-ring (bicyclic) bond motifs is 1. The topological polar surface area (TPSA) is 91.2 Å². The van der Waals surface area contributed by atoms with Crippen LogP contribution in [0.3, 0.4) is 0 Å². The Labute approximate surface area is 160 Å². The summed E-state index contributed by atoms with van der Waals surface area (Å²) in [6.45, 7) is 8.51. The number of likely N-dealkylation sites (tertiary alicyclic amines) is 1. The number of hydrogen-bond acceptors (Lipinski definition) is 4. The van der Waals surface area contributed by atoms with Gasteiger partial charge in [-0.15, -0.1) is 0 Å². The zero-order chi connectivity index (χ0) is 19.4. The summed E-state index contributed by atoms with van der Waals surface area (Å²) in [5.74, 6) is -0.109. The maximum Gasteiger partial charge on any atom is 0.220 e. The highest BCUT2D eigenvalue weighted by atomic mass is 16.1. The molecule has 0 radical (unpaired) electrons. The number of aromatic nitrogens is 1. The second-order valence-electron chi connectivity index (χ2n) is 7.71. The lowest BCUT2D eigenvalue weighted by molar-refractivity contribution is -0.123. The number of pyridine rings is 1. The smallest absolute Gasteiger partial charge is 0.220 e. The van der Waals surface area contributed by atoms with Crippen LogP contribution >= 0.6 is 0 Å². The average Bonchev–Trinajstić information content (AvgIpc) is 2.63. The highest BCUT2D eigenvalue weighted by molar-refractivity contribution is 5.82. The number of piperidine rings is 1. The summed E-state index contributed by atoms with van der Waals surface area (Å²) < 4.78 is 0. The number of nitrogens with one attached hydrogen (secondary N) is 2. The molecule has 0 bridgehead atoms. The fourth-order valence-electron chi connectivity index (χ4n) is 3.95. The molecule has 6 heteroatoms. The van der Waals surface area contributed by atoms with Crippen LogP contribution in [0.15, 0.2) is 23.0 Å². The Morgan fingerprint density at radius 2 is 2.00 bits per heavy atom. The van der Waals surface area contributed by atoms with Crippen molar-refractivity contribution in [2.45, 2.75) is 39.7 Å². The predicted octanol–water partition coefficient (Wildman–Crippen LogP) is 1.82. The molecule has 1 aromatic carbocycles. The second-order valence-corrected chi connectivity index (χ2v) is 7.71. The van der Waals surface area contributed by atoms with E-state index in [2.05, 4.69) is 21.3 Å². The van der Waals surface area contributed by atoms with Crippen LogP contribution in [0.4, 0.5) is 0 Å². The van der Waals surface area contributed by atoms with Crippen LogP contribution < -0.4 is 16.5 Å². The average molecular weight is 370 g/mol. The third-order valence-corrected chi connectivity index (χ3v) is 5.47. The van der Waals surface area contributed by atoms with Crippen LogP contribution in [0.25, 0.3) is 10.9 Å². The molecule has 1 aliphatic heterocycles. The first-order chi connectivity index (χ1) is 12.9. The van der Waals surface area contributed by atoms with Crippen molar-refractivity contribution in [1.29, 1.82) is 0 Å². The lowest BCUT2D eigenvalue weighted by Gasteiger charge is -2.30. The van der Waals surface area contributed by atoms with E-state index in [1.54, 1.807) is 6.07 Å². The largest absolute Gasteiger partial charge is 0.369 e. The van der Waals surface area contributed by atoms with Gasteiger partial charge in [0.2, 0.25) is 5.91 Å². The van der Waals surface area contributed by atoms with Crippen molar-refractivity contribution in [3.63, 3.8) is 0 Å². The molecule has 1 aliphatic rings. The quantitative estimate of drug-likeness (QED) is 0.649. The van der Waals surface area contributed by atoms with Gasteiger partial charge in [-0.2, -0.15) is 0 Å². The van der Waals surface area contributed by atoms with E-state index in [0.717, 1.165) is 73.2 Å². The summed E-state index contributed by atoms with van der Waals surface area (Å²) in [7, 11) is 0. The molecule has 4 N–H and O–H groups in total. The molecule has 1 amide bonds. The minimum Gasteiger partial charge on any atom is -0.369 e. The van der Waals surface area contributed by atoms with Crippen molar-refractivity contribution in [1.82, 2.24) is 15.2 Å². The second kappa shape index (κ2) is 8.67. The van der Waals surface area contributed by atoms with Crippen molar-refractivity contribution in [2.24, 2.45) is 11.7 Å². The van der Waals surface area contributed by atoms with Gasteiger partial charge in [-0.1, -0.05) is 6.07 Å². The lowest BCUT2D eigenvalue weighted by atomic mass is 9.96. The van der Waals surface area contributed by atoms with Gasteiger partial charge in [0.05, 0.1) is 5.52 Å². The third-order valence-electron chi connectivity index (χ3n) is 5.47. The lowest BCUT2D eigenvalue weighted by Crippen LogP contribution is -2.39. The summed E-state index contributed by atoms with van der Waals surface area (Å²) in [4.78, 5) is 29.4. The highest BCUT2D eigenvalue weighted by Gasteiger charge is 2.22. The number of rotatable bonds is 7. The predicted molar refractivity (Wildman–Crippen MR) is 109 cm³/mol. The molecular formula is C21H30N4O2. The number of primary amides is 1. The molecule has 3 rings (SSSR count). The monoisotopic (exact) mass is 370 g/mol. The molecule has 2 aromatic rings. The first-order valence-electron chi connectivity index (χ1n) is 9.79. The fourth-order valence-corrected chi connectivity index (χ4v) is 3.95. The fraction of sp³-hybridized carbons (Fsp3) is 0.524. The molecule has 6 nitrogen and oxygen atoms in total. The van der Waals surface area contributed by atoms with E-state index < -0.39 is 0 Å². The Balaban J connectivity index is 1.46. The molecule has 0 aliphatic carbocycles. The summed E-state index contributed by atoms with van der Waals surface area (Å²) >= 11 is 0. The molecule has 0 spiro atoms. The Hall–Kier alpha value is -2.18. The number of aromatic amines is 1. The maximum absolute atomic E-state index is 12.4. The molecule has 146 valence electrons. The van der Waals surface area contributed by atoms with E-state index in [1.807, 2.05) is 19.9 Å². The van der Waals surface area contributed by atoms with E-state index >= 15 is 0 Å². The highest BCUT2D eigenvalue weighted by Crippen LogP contribution is 2.17. The maximum atomic E-state index is 12.4. The number of H-pyrrole nitrogens is 1. The normalized spacial score (nSPS) is 16.1. The minimum absolute atomic E-state index is 0.0522. The van der Waals surface area contributed by atoms with E-state index in [-0.39, 0.29) is 17.3 Å². The van der Waals surface area contributed by atoms with Crippen molar-refractivity contribution in [3.05, 3.63) is 45.2 Å². The van der Waals surface area contributed by atoms with Crippen molar-refractivity contribution in [3.8, 4) is 0 Å². The Kier molecular flexibility index (Phi) is 6.29. The number of hydrogen-bond donors (Lipinski definition) is 3. The van der Waals surface area contributed by atoms with E-state index in [4.69, 9.17) is 5.73 Å². The molecule has 0 saturated carbocycles. The summed E-state index contributed by atoms with van der Waals surface area (Å²) in [5.41, 5.74) is 9.51. The van der Waals surface area contributed by atoms with Crippen LogP contribution in [-0.2, 0) is 11.3 Å². The van der Waals surface area contributed by atoms with E-state index in [0.29, 0.717) is 6.54 Å². The van der Waals surface area contributed by atoms with E-state index in [9.17, 15) is 9.59 Å². The van der Waals surface area contributed by atoms with Crippen LogP contribution in [0.5, 0.6) is 0 Å². The number of carbonyl (C=O) groups is 1. The number of aryl methyl sites for hydroxylation is 2. The zero-order valence-electron chi connectivity index (χ0n) is 16.3. The Morgan fingerprint density at radius 1 is 1.26 bits per heavy atom. The Bertz CT molecular complexity index is 866. The van der Waals surface area contributed by atoms with Gasteiger partial charge in [-0.3, -0.25) is 9.59 Å². The Morgan fingerprint density at radius 3 is 2.70 bits per heavy atom. The number of nitrogens with zero attached hydrogens (tertiary/aromatic N) is 1. The number of nitrogens with two attached hydrogens (primary N) is 1. The van der Waals surface area contributed by atoms with Crippen LogP contribution in [-0.4, -0.2) is 42.0 Å². The molecule has 0 unspecified atom stereocenters. The molecule has 1 saturated heterocycles. The number of amides is 1. The molecular weight excluding hydrogens is 340 g/mol. The van der Waals surface area contributed by atoms with Gasteiger partial charge in [0.1, 0.15) is 0 Å². The SMILES string of the molecule is Cc1cc(C)c2[nH]c(CNCCCN3CCC(C(N)=O)CC3)cc(=O)c2c1. The zero-order valence-corrected chi connectivity index (χ0v) is 16.3. The van der Waals surface area contributed by atoms with Crippen LogP contribution in [0.2, 0.25) is 0 Å². The van der Waals surface area contributed by atoms with Crippen molar-refractivity contribution >= 4 is 16.8 Å². The van der Waals surface area contributed by atoms with Crippen LogP contribution in [0.1, 0.15) is 36.1 Å². The van der Waals surface area contributed by atoms with Crippen molar-refractivity contribution in [2.75, 3.05) is 26.2 Å². The van der Waals surface area contributed by atoms with E-state index in [1.165, 1.54) is 0 Å². The molecule has 2 heterocycles. The number of benzene rings is 1. The molecule has 1 fully saturated rings. The first kappa shape index (κ1) is 19.6. The number of carbonyl (C=O) groups excluding carboxylic acids is 1. The van der Waals surface area contributed by atoms with Gasteiger partial charge in [0.15, 0.2) is 5.43 Å². The molecule has 0 atom stereocenters. The van der Waals surface area contributed by atoms with Gasteiger partial charge in [-0.25, -0.2) is 0 Å². The van der Waals surface area contributed by atoms with Gasteiger partial charge >= 0.3 is 0 Å². The van der Waals surface area contributed by atoms with Gasteiger partial charge in [0, 0.05) is 29.6 Å². The summed E-state index contributed by atoms with van der Waals surface area (Å²) in [6, 6.07) is 5.74. The molecule has 1 aromatic heterocycles. The minimum atomic E-state index is -0.161. The standard InChI is InChI=1S/C21H30N4O2/c1-14-10-15(2)20-18(11-14)19(26)12-17(24-20)13-23-6-3-7-25-8-4-16(5-9-25)21(22)27/h10-12,16,23H,3-9,13H2,1-2H3,(H2,22,27)(H,24,26). The summed E-state index contributed by atoms with van der Waals surface area (Å²) in [5, 5.41) is 4.18. The van der Waals surface area contributed by atoms with Gasteiger partial charge in [0.25, 0.3) is 0 Å². The third kappa shape index (κ3) is 4.96. The van der Waals surface area contributed by atoms with Crippen LogP contribution in [0, 0.1) is 19.8 Å². The molecule has 27 heavy (non-hydrogen) atoms. The summed E-state index contributed by atoms with van der Waals surface area (Å²) in [6.07, 6.45) is 2.79.